The van der Waals surface area contributed by atoms with E-state index in [9.17, 15) is 9.59 Å². The van der Waals surface area contributed by atoms with Gasteiger partial charge in [0.1, 0.15) is 0 Å². The predicted octanol–water partition coefficient (Wildman–Crippen LogP) is 5.14. The minimum Gasteiger partial charge on any atom is -0.346 e. The molecule has 4 heteroatoms. The van der Waals surface area contributed by atoms with Gasteiger partial charge in [-0.15, -0.1) is 0 Å². The van der Waals surface area contributed by atoms with E-state index in [4.69, 9.17) is 0 Å². The zero-order valence-corrected chi connectivity index (χ0v) is 16.6. The molecular formula is C25H24N2O2. The van der Waals surface area contributed by atoms with E-state index in [1.165, 1.54) is 11.6 Å². The third-order valence-corrected chi connectivity index (χ3v) is 4.54. The molecule has 3 rings (SSSR count). The summed E-state index contributed by atoms with van der Waals surface area (Å²) in [5.41, 5.74) is 4.22. The summed E-state index contributed by atoms with van der Waals surface area (Å²) in [4.78, 5) is 24.8. The zero-order chi connectivity index (χ0) is 20.6. The van der Waals surface area contributed by atoms with Gasteiger partial charge in [-0.3, -0.25) is 9.59 Å². The van der Waals surface area contributed by atoms with Crippen molar-refractivity contribution in [2.24, 2.45) is 0 Å². The van der Waals surface area contributed by atoms with Gasteiger partial charge in [0.2, 0.25) is 5.91 Å². The maximum atomic E-state index is 12.6. The van der Waals surface area contributed by atoms with Gasteiger partial charge in [-0.2, -0.15) is 0 Å². The summed E-state index contributed by atoms with van der Waals surface area (Å²) in [7, 11) is 0. The van der Waals surface area contributed by atoms with Gasteiger partial charge in [-0.1, -0.05) is 66.2 Å². The molecule has 0 fully saturated rings. The van der Waals surface area contributed by atoms with Crippen molar-refractivity contribution in [1.82, 2.24) is 5.32 Å². The maximum absolute atomic E-state index is 12.6. The highest BCUT2D eigenvalue weighted by atomic mass is 16.2. The van der Waals surface area contributed by atoms with Gasteiger partial charge in [-0.25, -0.2) is 0 Å². The van der Waals surface area contributed by atoms with Crippen LogP contribution >= 0.6 is 0 Å². The van der Waals surface area contributed by atoms with Crippen molar-refractivity contribution in [3.05, 3.63) is 107 Å². The number of carbonyl (C=O) groups excluding carboxylic acids is 2. The summed E-state index contributed by atoms with van der Waals surface area (Å²) in [6.45, 7) is 3.96. The van der Waals surface area contributed by atoms with E-state index in [2.05, 4.69) is 10.6 Å². The number of aryl methyl sites for hydroxylation is 1. The Kier molecular flexibility index (Phi) is 6.59. The van der Waals surface area contributed by atoms with Crippen LogP contribution in [0.4, 0.5) is 5.69 Å². The normalized spacial score (nSPS) is 11.8. The first kappa shape index (κ1) is 20.1. The zero-order valence-electron chi connectivity index (χ0n) is 16.6. The Hall–Kier alpha value is -3.66. The third-order valence-electron chi connectivity index (χ3n) is 4.54. The molecule has 0 saturated heterocycles. The van der Waals surface area contributed by atoms with Crippen LogP contribution in [0.5, 0.6) is 0 Å². The Labute approximate surface area is 171 Å². The Morgan fingerprint density at radius 2 is 1.62 bits per heavy atom. The van der Waals surface area contributed by atoms with E-state index in [-0.39, 0.29) is 17.9 Å². The second-order valence-corrected chi connectivity index (χ2v) is 6.92. The van der Waals surface area contributed by atoms with Gasteiger partial charge in [-0.05, 0) is 49.2 Å². The number of rotatable bonds is 6. The van der Waals surface area contributed by atoms with E-state index in [0.29, 0.717) is 11.3 Å². The second-order valence-electron chi connectivity index (χ2n) is 6.92. The fraction of sp³-hybridized carbons (Fsp3) is 0.120. The fourth-order valence-electron chi connectivity index (χ4n) is 2.88. The molecule has 0 spiro atoms. The van der Waals surface area contributed by atoms with Crippen LogP contribution in [0.25, 0.3) is 6.08 Å². The quantitative estimate of drug-likeness (QED) is 0.578. The van der Waals surface area contributed by atoms with Crippen molar-refractivity contribution < 1.29 is 9.59 Å². The van der Waals surface area contributed by atoms with Crippen LogP contribution in [-0.4, -0.2) is 11.8 Å². The lowest BCUT2D eigenvalue weighted by atomic mass is 10.1. The molecule has 0 heterocycles. The summed E-state index contributed by atoms with van der Waals surface area (Å²) in [5.74, 6) is -0.437. The largest absolute Gasteiger partial charge is 0.346 e. The molecule has 146 valence electrons. The number of nitrogens with one attached hydrogen (secondary N) is 2. The SMILES string of the molecule is Cc1ccc(/C=C/C(=O)Nc2cccc(C(=O)NC(C)c3ccccc3)c2)cc1. The van der Waals surface area contributed by atoms with E-state index in [0.717, 1.165) is 11.1 Å². The van der Waals surface area contributed by atoms with Crippen LogP contribution in [0, 0.1) is 6.92 Å². The highest BCUT2D eigenvalue weighted by Gasteiger charge is 2.12. The Morgan fingerprint density at radius 3 is 2.34 bits per heavy atom. The summed E-state index contributed by atoms with van der Waals surface area (Å²) < 4.78 is 0. The van der Waals surface area contributed by atoms with Crippen LogP contribution in [-0.2, 0) is 4.79 Å². The molecule has 0 aliphatic heterocycles. The monoisotopic (exact) mass is 384 g/mol. The molecule has 0 aromatic heterocycles. The highest BCUT2D eigenvalue weighted by Crippen LogP contribution is 2.15. The number of amides is 2. The second kappa shape index (κ2) is 9.51. The maximum Gasteiger partial charge on any atom is 0.251 e. The molecular weight excluding hydrogens is 360 g/mol. The number of hydrogen-bond acceptors (Lipinski definition) is 2. The number of hydrogen-bond donors (Lipinski definition) is 2. The fourth-order valence-corrected chi connectivity index (χ4v) is 2.88. The average molecular weight is 384 g/mol. The van der Waals surface area contributed by atoms with Crippen molar-refractivity contribution in [2.45, 2.75) is 19.9 Å². The molecule has 0 aliphatic rings. The van der Waals surface area contributed by atoms with Crippen LogP contribution in [0.2, 0.25) is 0 Å². The standard InChI is InChI=1S/C25H24N2O2/c1-18-11-13-20(14-12-18)15-16-24(28)27-23-10-6-9-22(17-23)25(29)26-19(2)21-7-4-3-5-8-21/h3-17,19H,1-2H3,(H,26,29)(H,27,28)/b16-15+. The number of carbonyl (C=O) groups is 2. The number of anilines is 1. The van der Waals surface area contributed by atoms with Crippen LogP contribution < -0.4 is 10.6 Å². The molecule has 2 N–H and O–H groups in total. The molecule has 29 heavy (non-hydrogen) atoms. The molecule has 0 saturated carbocycles. The molecule has 0 bridgehead atoms. The summed E-state index contributed by atoms with van der Waals surface area (Å²) in [6, 6.07) is 24.5. The lowest BCUT2D eigenvalue weighted by molar-refractivity contribution is -0.111. The summed E-state index contributed by atoms with van der Waals surface area (Å²) in [6.07, 6.45) is 3.24. The minimum absolute atomic E-state index is 0.112. The van der Waals surface area contributed by atoms with Crippen molar-refractivity contribution in [3.63, 3.8) is 0 Å². The number of benzene rings is 3. The van der Waals surface area contributed by atoms with Gasteiger partial charge in [0, 0.05) is 17.3 Å². The van der Waals surface area contributed by atoms with Crippen LogP contribution in [0.3, 0.4) is 0 Å². The average Bonchev–Trinajstić information content (AvgIpc) is 2.74. The molecule has 0 aliphatic carbocycles. The van der Waals surface area contributed by atoms with Gasteiger partial charge >= 0.3 is 0 Å². The summed E-state index contributed by atoms with van der Waals surface area (Å²) >= 11 is 0. The molecule has 3 aromatic rings. The first-order chi connectivity index (χ1) is 14.0. The lowest BCUT2D eigenvalue weighted by Crippen LogP contribution is -2.26. The minimum atomic E-state index is -0.249. The van der Waals surface area contributed by atoms with Crippen molar-refractivity contribution in [1.29, 1.82) is 0 Å². The van der Waals surface area contributed by atoms with Crippen LogP contribution in [0.1, 0.15) is 40.0 Å². The molecule has 2 amide bonds. The Morgan fingerprint density at radius 1 is 0.897 bits per heavy atom. The van der Waals surface area contributed by atoms with Crippen molar-refractivity contribution >= 4 is 23.6 Å². The molecule has 1 atom stereocenters. The van der Waals surface area contributed by atoms with Crippen molar-refractivity contribution in [2.75, 3.05) is 5.32 Å². The topological polar surface area (TPSA) is 58.2 Å². The predicted molar refractivity (Wildman–Crippen MR) is 118 cm³/mol. The first-order valence-corrected chi connectivity index (χ1v) is 9.53. The molecule has 4 nitrogen and oxygen atoms in total. The Bertz CT molecular complexity index is 1010. The van der Waals surface area contributed by atoms with Gasteiger partial charge < -0.3 is 10.6 Å². The van der Waals surface area contributed by atoms with E-state index < -0.39 is 0 Å². The van der Waals surface area contributed by atoms with E-state index in [1.54, 1.807) is 30.3 Å². The Balaban J connectivity index is 1.62. The highest BCUT2D eigenvalue weighted by molar-refractivity contribution is 6.03. The summed E-state index contributed by atoms with van der Waals surface area (Å²) in [5, 5.41) is 5.78. The molecule has 3 aromatic carbocycles. The van der Waals surface area contributed by atoms with Gasteiger partial charge in [0.05, 0.1) is 6.04 Å². The van der Waals surface area contributed by atoms with E-state index in [1.807, 2.05) is 68.4 Å². The van der Waals surface area contributed by atoms with Crippen LogP contribution in [0.15, 0.2) is 84.9 Å². The molecule has 0 radical (unpaired) electrons. The van der Waals surface area contributed by atoms with Crippen molar-refractivity contribution in [3.8, 4) is 0 Å². The smallest absolute Gasteiger partial charge is 0.251 e. The third kappa shape index (κ3) is 5.91. The van der Waals surface area contributed by atoms with Gasteiger partial charge in [0.15, 0.2) is 0 Å². The first-order valence-electron chi connectivity index (χ1n) is 9.53. The van der Waals surface area contributed by atoms with Gasteiger partial charge in [0.25, 0.3) is 5.91 Å². The van der Waals surface area contributed by atoms with E-state index >= 15 is 0 Å². The molecule has 1 unspecified atom stereocenters. The lowest BCUT2D eigenvalue weighted by Gasteiger charge is -2.14.